The third-order valence-corrected chi connectivity index (χ3v) is 2.37. The molecule has 0 aliphatic carbocycles. The number of aromatic nitrogens is 2. The van der Waals surface area contributed by atoms with Crippen LogP contribution in [-0.4, -0.2) is 10.2 Å². The number of alkyl halides is 3. The molecule has 0 aliphatic heterocycles. The summed E-state index contributed by atoms with van der Waals surface area (Å²) in [6.45, 7) is 0. The van der Waals surface area contributed by atoms with Crippen LogP contribution in [0, 0.1) is 0 Å². The molecule has 3 nitrogen and oxygen atoms in total. The molecule has 0 radical (unpaired) electrons. The second kappa shape index (κ2) is 3.89. The third-order valence-electron chi connectivity index (χ3n) is 1.88. The molecule has 0 amide bonds. The molecule has 0 unspecified atom stereocenters. The molecule has 1 aromatic carbocycles. The van der Waals surface area contributed by atoms with Gasteiger partial charge in [0.05, 0.1) is 11.1 Å². The normalized spacial score (nSPS) is 11.8. The van der Waals surface area contributed by atoms with E-state index in [2.05, 4.69) is 26.1 Å². The number of nitrogens with zero attached hydrogens (tertiary/aromatic N) is 2. The van der Waals surface area contributed by atoms with E-state index in [0.717, 1.165) is 12.5 Å². The van der Waals surface area contributed by atoms with Gasteiger partial charge in [-0.3, -0.25) is 0 Å². The van der Waals surface area contributed by atoms with Crippen molar-refractivity contribution < 1.29 is 17.6 Å². The Bertz CT molecular complexity index is 496. The zero-order valence-corrected chi connectivity index (χ0v) is 9.21. The van der Waals surface area contributed by atoms with Gasteiger partial charge in [-0.1, -0.05) is 15.9 Å². The molecule has 0 saturated heterocycles. The molecule has 16 heavy (non-hydrogen) atoms. The molecule has 0 N–H and O–H groups in total. The summed E-state index contributed by atoms with van der Waals surface area (Å²) in [6, 6.07) is 3.73. The van der Waals surface area contributed by atoms with Gasteiger partial charge >= 0.3 is 6.18 Å². The lowest BCUT2D eigenvalue weighted by atomic mass is 10.1. The van der Waals surface area contributed by atoms with Gasteiger partial charge in [0, 0.05) is 4.47 Å². The molecule has 2 rings (SSSR count). The predicted octanol–water partition coefficient (Wildman–Crippen LogP) is 3.52. The molecule has 7 heteroatoms. The van der Waals surface area contributed by atoms with Crippen molar-refractivity contribution in [1.29, 1.82) is 0 Å². The van der Waals surface area contributed by atoms with Crippen LogP contribution in [-0.2, 0) is 6.18 Å². The van der Waals surface area contributed by atoms with Crippen molar-refractivity contribution in [2.24, 2.45) is 0 Å². The highest BCUT2D eigenvalue weighted by Gasteiger charge is 2.35. The minimum atomic E-state index is -4.46. The van der Waals surface area contributed by atoms with Crippen molar-refractivity contribution in [2.75, 3.05) is 0 Å². The summed E-state index contributed by atoms with van der Waals surface area (Å²) in [4.78, 5) is 0. The molecule has 0 atom stereocenters. The number of halogens is 4. The fourth-order valence-electron chi connectivity index (χ4n) is 1.23. The Kier molecular flexibility index (Phi) is 2.71. The van der Waals surface area contributed by atoms with Gasteiger partial charge in [0.25, 0.3) is 0 Å². The molecule has 0 aliphatic rings. The zero-order valence-electron chi connectivity index (χ0n) is 7.62. The van der Waals surface area contributed by atoms with Gasteiger partial charge in [-0.05, 0) is 18.2 Å². The van der Waals surface area contributed by atoms with Gasteiger partial charge in [-0.2, -0.15) is 13.2 Å². The van der Waals surface area contributed by atoms with Crippen molar-refractivity contribution in [2.45, 2.75) is 6.18 Å². The summed E-state index contributed by atoms with van der Waals surface area (Å²) in [5, 5.41) is 6.81. The Labute approximate surface area is 96.4 Å². The minimum absolute atomic E-state index is 0.131. The van der Waals surface area contributed by atoms with Crippen LogP contribution in [0.5, 0.6) is 0 Å². The maximum absolute atomic E-state index is 12.7. The SMILES string of the molecule is FC(F)(F)c1cc(Br)ccc1-c1nnco1. The van der Waals surface area contributed by atoms with Crippen LogP contribution in [0.2, 0.25) is 0 Å². The van der Waals surface area contributed by atoms with Gasteiger partial charge in [-0.25, -0.2) is 0 Å². The van der Waals surface area contributed by atoms with Gasteiger partial charge in [-0.15, -0.1) is 10.2 Å². The van der Waals surface area contributed by atoms with E-state index in [9.17, 15) is 13.2 Å². The first-order chi connectivity index (χ1) is 7.48. The minimum Gasteiger partial charge on any atom is -0.423 e. The Morgan fingerprint density at radius 2 is 2.00 bits per heavy atom. The molecule has 0 fully saturated rings. The van der Waals surface area contributed by atoms with Gasteiger partial charge in [0.15, 0.2) is 0 Å². The molecular formula is C9H4BrF3N2O. The van der Waals surface area contributed by atoms with Crippen molar-refractivity contribution in [3.8, 4) is 11.5 Å². The number of hydrogen-bond acceptors (Lipinski definition) is 3. The Morgan fingerprint density at radius 1 is 1.25 bits per heavy atom. The van der Waals surface area contributed by atoms with Gasteiger partial charge in [0.1, 0.15) is 0 Å². The van der Waals surface area contributed by atoms with E-state index in [1.165, 1.54) is 12.1 Å². The Balaban J connectivity index is 2.62. The first kappa shape index (κ1) is 11.1. The summed E-state index contributed by atoms with van der Waals surface area (Å²) >= 11 is 2.99. The van der Waals surface area contributed by atoms with E-state index in [1.54, 1.807) is 0 Å². The zero-order chi connectivity index (χ0) is 11.8. The Morgan fingerprint density at radius 3 is 2.56 bits per heavy atom. The number of rotatable bonds is 1. The molecule has 0 spiro atoms. The monoisotopic (exact) mass is 292 g/mol. The highest BCUT2D eigenvalue weighted by atomic mass is 79.9. The highest BCUT2D eigenvalue weighted by Crippen LogP contribution is 2.37. The van der Waals surface area contributed by atoms with Crippen molar-refractivity contribution in [3.63, 3.8) is 0 Å². The second-order valence-electron chi connectivity index (χ2n) is 2.93. The lowest BCUT2D eigenvalue weighted by molar-refractivity contribution is -0.137. The van der Waals surface area contributed by atoms with E-state index >= 15 is 0 Å². The number of benzene rings is 1. The lowest BCUT2D eigenvalue weighted by Gasteiger charge is -2.10. The molecule has 0 saturated carbocycles. The van der Waals surface area contributed by atoms with Crippen LogP contribution < -0.4 is 0 Å². The lowest BCUT2D eigenvalue weighted by Crippen LogP contribution is -2.07. The van der Waals surface area contributed by atoms with E-state index in [0.29, 0.717) is 4.47 Å². The average molecular weight is 293 g/mol. The summed E-state index contributed by atoms with van der Waals surface area (Å²) in [5.41, 5.74) is -0.945. The van der Waals surface area contributed by atoms with Gasteiger partial charge < -0.3 is 4.42 Å². The molecular weight excluding hydrogens is 289 g/mol. The summed E-state index contributed by atoms with van der Waals surface area (Å²) < 4.78 is 43.2. The van der Waals surface area contributed by atoms with Crippen LogP contribution in [0.4, 0.5) is 13.2 Å². The standard InChI is InChI=1S/C9H4BrF3N2O/c10-5-1-2-6(8-15-14-4-16-8)7(3-5)9(11,12)13/h1-4H. The van der Waals surface area contributed by atoms with E-state index in [4.69, 9.17) is 4.42 Å². The quantitative estimate of drug-likeness (QED) is 0.807. The largest absolute Gasteiger partial charge is 0.423 e. The predicted molar refractivity (Wildman–Crippen MR) is 52.4 cm³/mol. The topological polar surface area (TPSA) is 38.9 Å². The average Bonchev–Trinajstić information content (AvgIpc) is 2.69. The third kappa shape index (κ3) is 2.08. The van der Waals surface area contributed by atoms with E-state index in [1.807, 2.05) is 0 Å². The summed E-state index contributed by atoms with van der Waals surface area (Å²) in [5.74, 6) is -0.153. The highest BCUT2D eigenvalue weighted by molar-refractivity contribution is 9.10. The fraction of sp³-hybridized carbons (Fsp3) is 0.111. The number of hydrogen-bond donors (Lipinski definition) is 0. The van der Waals surface area contributed by atoms with Crippen LogP contribution in [0.15, 0.2) is 33.5 Å². The van der Waals surface area contributed by atoms with E-state index in [-0.39, 0.29) is 11.5 Å². The van der Waals surface area contributed by atoms with Crippen molar-refractivity contribution in [1.82, 2.24) is 10.2 Å². The van der Waals surface area contributed by atoms with Crippen LogP contribution >= 0.6 is 15.9 Å². The van der Waals surface area contributed by atoms with Crippen molar-refractivity contribution in [3.05, 3.63) is 34.6 Å². The van der Waals surface area contributed by atoms with Gasteiger partial charge in [0.2, 0.25) is 12.3 Å². The fourth-order valence-corrected chi connectivity index (χ4v) is 1.59. The maximum Gasteiger partial charge on any atom is 0.417 e. The van der Waals surface area contributed by atoms with Crippen molar-refractivity contribution >= 4 is 15.9 Å². The molecule has 0 bridgehead atoms. The summed E-state index contributed by atoms with van der Waals surface area (Å²) in [7, 11) is 0. The second-order valence-corrected chi connectivity index (χ2v) is 3.85. The first-order valence-electron chi connectivity index (χ1n) is 4.12. The van der Waals surface area contributed by atoms with E-state index < -0.39 is 11.7 Å². The Hall–Kier alpha value is -1.37. The van der Waals surface area contributed by atoms with Crippen LogP contribution in [0.25, 0.3) is 11.5 Å². The first-order valence-corrected chi connectivity index (χ1v) is 4.91. The molecule has 2 aromatic rings. The van der Waals surface area contributed by atoms with Crippen LogP contribution in [0.1, 0.15) is 5.56 Å². The molecule has 1 heterocycles. The summed E-state index contributed by atoms with van der Waals surface area (Å²) in [6.07, 6.45) is -3.48. The van der Waals surface area contributed by atoms with Crippen LogP contribution in [0.3, 0.4) is 0 Å². The molecule has 84 valence electrons. The maximum atomic E-state index is 12.7. The molecule has 1 aromatic heterocycles. The smallest absolute Gasteiger partial charge is 0.417 e.